The lowest BCUT2D eigenvalue weighted by Gasteiger charge is -2.34. The molecule has 2 heterocycles. The number of benzene rings is 3. The highest BCUT2D eigenvalue weighted by Crippen LogP contribution is 2.41. The van der Waals surface area contributed by atoms with Gasteiger partial charge in [-0.3, -0.25) is 4.31 Å². The van der Waals surface area contributed by atoms with E-state index in [1.165, 1.54) is 16.4 Å². The smallest absolute Gasteiger partial charge is 0.264 e. The Labute approximate surface area is 168 Å². The molecule has 1 aromatic heterocycles. The van der Waals surface area contributed by atoms with Crippen LogP contribution < -0.4 is 0 Å². The Balaban J connectivity index is 1.73. The number of nitrogens with zero attached hydrogens (tertiary/aromatic N) is 1. The SMILES string of the molecule is O=S(=O)(c1ccc(F)cc1)N1C=Cc2ccccc2C1c1c[nH]c2ccccc12. The van der Waals surface area contributed by atoms with Crippen LogP contribution in [0.3, 0.4) is 0 Å². The number of para-hydroxylation sites is 1. The van der Waals surface area contributed by atoms with E-state index >= 15 is 0 Å². The Hall–Kier alpha value is -3.38. The molecule has 0 saturated heterocycles. The minimum atomic E-state index is -3.90. The standard InChI is InChI=1S/C23H17FN2O2S/c24-17-9-11-18(12-10-17)29(27,28)26-14-13-16-5-1-2-6-19(16)23(26)21-15-25-22-8-4-3-7-20(21)22/h1-15,23,25H. The van der Waals surface area contributed by atoms with E-state index in [0.717, 1.165) is 39.7 Å². The van der Waals surface area contributed by atoms with Crippen molar-refractivity contribution >= 4 is 27.0 Å². The second kappa shape index (κ2) is 6.60. The second-order valence-corrected chi connectivity index (χ2v) is 8.77. The van der Waals surface area contributed by atoms with E-state index in [2.05, 4.69) is 4.98 Å². The second-order valence-electron chi connectivity index (χ2n) is 6.93. The van der Waals surface area contributed by atoms with Gasteiger partial charge in [0.25, 0.3) is 10.0 Å². The first-order valence-corrected chi connectivity index (χ1v) is 10.6. The molecule has 0 aliphatic carbocycles. The van der Waals surface area contributed by atoms with Crippen LogP contribution in [0.25, 0.3) is 17.0 Å². The number of halogens is 1. The summed E-state index contributed by atoms with van der Waals surface area (Å²) in [6.45, 7) is 0. The molecule has 29 heavy (non-hydrogen) atoms. The maximum absolute atomic E-state index is 13.5. The fourth-order valence-electron chi connectivity index (χ4n) is 3.86. The van der Waals surface area contributed by atoms with Crippen molar-refractivity contribution in [3.8, 4) is 0 Å². The first-order chi connectivity index (χ1) is 14.1. The molecule has 0 fully saturated rings. The first-order valence-electron chi connectivity index (χ1n) is 9.18. The van der Waals surface area contributed by atoms with E-state index in [-0.39, 0.29) is 4.90 Å². The van der Waals surface area contributed by atoms with E-state index in [1.807, 2.05) is 54.7 Å². The topological polar surface area (TPSA) is 53.2 Å². The highest BCUT2D eigenvalue weighted by atomic mass is 32.2. The number of nitrogens with one attached hydrogen (secondary N) is 1. The summed E-state index contributed by atoms with van der Waals surface area (Å²) in [4.78, 5) is 3.29. The van der Waals surface area contributed by atoms with Crippen LogP contribution in [-0.2, 0) is 10.0 Å². The van der Waals surface area contributed by atoms with Gasteiger partial charge in [-0.25, -0.2) is 12.8 Å². The first kappa shape index (κ1) is 17.7. The Morgan fingerprint density at radius 2 is 1.59 bits per heavy atom. The van der Waals surface area contributed by atoms with Crippen molar-refractivity contribution in [1.29, 1.82) is 0 Å². The average molecular weight is 404 g/mol. The lowest BCUT2D eigenvalue weighted by molar-refractivity contribution is 0.448. The van der Waals surface area contributed by atoms with E-state index in [1.54, 1.807) is 12.3 Å². The van der Waals surface area contributed by atoms with Gasteiger partial charge < -0.3 is 4.98 Å². The Morgan fingerprint density at radius 3 is 2.41 bits per heavy atom. The number of hydrogen-bond donors (Lipinski definition) is 1. The molecular weight excluding hydrogens is 387 g/mol. The molecule has 0 bridgehead atoms. The molecule has 0 amide bonds. The van der Waals surface area contributed by atoms with Gasteiger partial charge in [0.05, 0.1) is 10.9 Å². The predicted octanol–water partition coefficient (Wildman–Crippen LogP) is 5.07. The summed E-state index contributed by atoms with van der Waals surface area (Å²) in [5.74, 6) is -0.475. The quantitative estimate of drug-likeness (QED) is 0.518. The molecule has 1 atom stereocenters. The fraction of sp³-hybridized carbons (Fsp3) is 0.0435. The van der Waals surface area contributed by atoms with Gasteiger partial charge in [-0.2, -0.15) is 0 Å². The van der Waals surface area contributed by atoms with E-state index in [4.69, 9.17) is 0 Å². The molecule has 1 aliphatic heterocycles. The molecule has 144 valence electrons. The van der Waals surface area contributed by atoms with E-state index in [0.29, 0.717) is 0 Å². The van der Waals surface area contributed by atoms with Crippen LogP contribution >= 0.6 is 0 Å². The lowest BCUT2D eigenvalue weighted by Crippen LogP contribution is -2.33. The van der Waals surface area contributed by atoms with E-state index < -0.39 is 21.9 Å². The Kier molecular flexibility index (Phi) is 4.03. The number of sulfonamides is 1. The molecule has 6 heteroatoms. The van der Waals surface area contributed by atoms with Crippen LogP contribution in [-0.4, -0.2) is 17.7 Å². The van der Waals surface area contributed by atoms with Gasteiger partial charge in [-0.15, -0.1) is 0 Å². The maximum Gasteiger partial charge on any atom is 0.264 e. The molecule has 0 radical (unpaired) electrons. The van der Waals surface area contributed by atoms with Gasteiger partial charge in [-0.1, -0.05) is 42.5 Å². The van der Waals surface area contributed by atoms with Crippen LogP contribution in [0.4, 0.5) is 4.39 Å². The average Bonchev–Trinajstić information content (AvgIpc) is 3.17. The Bertz CT molecular complexity index is 1340. The zero-order valence-corrected chi connectivity index (χ0v) is 16.1. The third kappa shape index (κ3) is 2.84. The minimum Gasteiger partial charge on any atom is -0.361 e. The third-order valence-electron chi connectivity index (χ3n) is 5.25. The summed E-state index contributed by atoms with van der Waals surface area (Å²) >= 11 is 0. The maximum atomic E-state index is 13.5. The molecule has 1 aliphatic rings. The summed E-state index contributed by atoms with van der Waals surface area (Å²) in [5.41, 5.74) is 3.66. The molecule has 0 saturated carbocycles. The van der Waals surface area contributed by atoms with E-state index in [9.17, 15) is 12.8 Å². The monoisotopic (exact) mass is 404 g/mol. The molecule has 4 nitrogen and oxygen atoms in total. The zero-order chi connectivity index (χ0) is 20.0. The van der Waals surface area contributed by atoms with Crippen LogP contribution in [0.1, 0.15) is 22.7 Å². The van der Waals surface area contributed by atoms with Crippen LogP contribution in [0.5, 0.6) is 0 Å². The summed E-state index contributed by atoms with van der Waals surface area (Å²) < 4.78 is 41.7. The summed E-state index contributed by atoms with van der Waals surface area (Å²) in [7, 11) is -3.90. The molecular formula is C23H17FN2O2S. The number of rotatable bonds is 3. The van der Waals surface area contributed by atoms with Crippen molar-refractivity contribution in [3.05, 3.63) is 108 Å². The predicted molar refractivity (Wildman–Crippen MR) is 111 cm³/mol. The number of H-pyrrole nitrogens is 1. The van der Waals surface area contributed by atoms with Crippen molar-refractivity contribution in [2.75, 3.05) is 0 Å². The number of aromatic nitrogens is 1. The zero-order valence-electron chi connectivity index (χ0n) is 15.3. The normalized spacial score (nSPS) is 16.2. The number of aromatic amines is 1. The van der Waals surface area contributed by atoms with Crippen LogP contribution in [0.2, 0.25) is 0 Å². The molecule has 3 aromatic carbocycles. The molecule has 1 unspecified atom stereocenters. The minimum absolute atomic E-state index is 0.0489. The fourth-order valence-corrected chi connectivity index (χ4v) is 5.31. The summed E-state index contributed by atoms with van der Waals surface area (Å²) in [6.07, 6.45) is 5.24. The van der Waals surface area contributed by atoms with Gasteiger partial charge in [0.1, 0.15) is 5.82 Å². The molecule has 4 aromatic rings. The summed E-state index contributed by atoms with van der Waals surface area (Å²) in [6, 6.07) is 19.9. The van der Waals surface area contributed by atoms with Crippen molar-refractivity contribution in [3.63, 3.8) is 0 Å². The van der Waals surface area contributed by atoms with Gasteiger partial charge in [0, 0.05) is 28.9 Å². The number of hydrogen-bond acceptors (Lipinski definition) is 2. The van der Waals surface area contributed by atoms with Gasteiger partial charge in [-0.05, 0) is 47.5 Å². The Morgan fingerprint density at radius 1 is 0.862 bits per heavy atom. The van der Waals surface area contributed by atoms with Crippen LogP contribution in [0.15, 0.2) is 90.1 Å². The van der Waals surface area contributed by atoms with Gasteiger partial charge in [0.2, 0.25) is 0 Å². The number of fused-ring (bicyclic) bond motifs is 2. The molecule has 1 N–H and O–H groups in total. The molecule has 0 spiro atoms. The van der Waals surface area contributed by atoms with Gasteiger partial charge >= 0.3 is 0 Å². The van der Waals surface area contributed by atoms with Crippen LogP contribution in [0, 0.1) is 5.82 Å². The van der Waals surface area contributed by atoms with Crippen molar-refractivity contribution in [2.24, 2.45) is 0 Å². The highest BCUT2D eigenvalue weighted by Gasteiger charge is 2.35. The highest BCUT2D eigenvalue weighted by molar-refractivity contribution is 7.89. The van der Waals surface area contributed by atoms with Gasteiger partial charge in [0.15, 0.2) is 0 Å². The summed E-state index contributed by atoms with van der Waals surface area (Å²) in [5, 5.41) is 0.960. The third-order valence-corrected chi connectivity index (χ3v) is 7.01. The van der Waals surface area contributed by atoms with Crippen molar-refractivity contribution < 1.29 is 12.8 Å². The molecule has 5 rings (SSSR count). The van der Waals surface area contributed by atoms with Crippen molar-refractivity contribution in [2.45, 2.75) is 10.9 Å². The largest absolute Gasteiger partial charge is 0.361 e. The lowest BCUT2D eigenvalue weighted by atomic mass is 9.92. The van der Waals surface area contributed by atoms with Crippen molar-refractivity contribution in [1.82, 2.24) is 9.29 Å².